The maximum atomic E-state index is 17.1. The first kappa shape index (κ1) is 26.6. The third-order valence-electron chi connectivity index (χ3n) is 8.12. The van der Waals surface area contributed by atoms with Crippen molar-refractivity contribution in [3.8, 4) is 23.3 Å². The van der Waals surface area contributed by atoms with Gasteiger partial charge in [-0.1, -0.05) is 24.3 Å². The Hall–Kier alpha value is -3.58. The van der Waals surface area contributed by atoms with E-state index in [4.69, 9.17) is 14.5 Å². The monoisotopic (exact) mass is 542 g/mol. The van der Waals surface area contributed by atoms with Crippen molar-refractivity contribution in [1.82, 2.24) is 24.2 Å². The molecule has 2 aromatic heterocycles. The fourth-order valence-corrected chi connectivity index (χ4v) is 5.93. The normalized spacial score (nSPS) is 24.1. The Morgan fingerprint density at radius 3 is 2.75 bits per heavy atom. The summed E-state index contributed by atoms with van der Waals surface area (Å²) < 4.78 is 30.6. The number of fused-ring (bicyclic) bond motifs is 1. The molecular weight excluding hydrogens is 507 g/mol. The van der Waals surface area contributed by atoms with Gasteiger partial charge in [-0.3, -0.25) is 9.30 Å². The zero-order valence-corrected chi connectivity index (χ0v) is 22.9. The summed E-state index contributed by atoms with van der Waals surface area (Å²) in [6, 6.07) is 9.66. The lowest BCUT2D eigenvalue weighted by Crippen LogP contribution is -2.37. The molecule has 1 aliphatic carbocycles. The van der Waals surface area contributed by atoms with Gasteiger partial charge in [0.15, 0.2) is 5.67 Å². The van der Waals surface area contributed by atoms with Crippen molar-refractivity contribution in [2.45, 2.75) is 24.9 Å². The number of ether oxygens (including phenoxy) is 2. The fourth-order valence-electron chi connectivity index (χ4n) is 5.93. The van der Waals surface area contributed by atoms with E-state index in [-0.39, 0.29) is 6.42 Å². The molecule has 4 heterocycles. The van der Waals surface area contributed by atoms with E-state index in [2.05, 4.69) is 27.9 Å². The molecule has 2 aliphatic heterocycles. The number of nitriles is 1. The molecule has 208 valence electrons. The van der Waals surface area contributed by atoms with Crippen molar-refractivity contribution >= 4 is 5.65 Å². The highest BCUT2D eigenvalue weighted by molar-refractivity contribution is 5.74. The Morgan fingerprint density at radius 2 is 2.02 bits per heavy atom. The standard InChI is InChI=1S/C31H35FN6O2/c1-36-13-2-3-25(20-36)22-40-30-35-28(26-6-4-23(19-33)5-7-26)27(29-34-12-14-38(29)30)31(32)10-8-24(9-11-31)21-37-15-17-39-18-16-37/h4-10,12,14,25H,2-3,11,13,15-18,20-22H2,1H3/t25-,31?/m1/s1. The third-order valence-corrected chi connectivity index (χ3v) is 8.12. The minimum atomic E-state index is -1.80. The molecule has 9 heteroatoms. The molecule has 0 amide bonds. The number of nitrogens with zero attached hydrogens (tertiary/aromatic N) is 6. The van der Waals surface area contributed by atoms with Crippen LogP contribution in [-0.2, 0) is 10.4 Å². The van der Waals surface area contributed by atoms with Crippen molar-refractivity contribution < 1.29 is 13.9 Å². The number of piperidine rings is 1. The van der Waals surface area contributed by atoms with E-state index in [0.717, 1.165) is 69.9 Å². The number of imidazole rings is 1. The molecule has 0 saturated carbocycles. The Kier molecular flexibility index (Phi) is 7.65. The van der Waals surface area contributed by atoms with Crippen LogP contribution in [0.4, 0.5) is 4.39 Å². The first-order valence-corrected chi connectivity index (χ1v) is 14.1. The maximum Gasteiger partial charge on any atom is 0.302 e. The van der Waals surface area contributed by atoms with Crippen molar-refractivity contribution in [3.05, 3.63) is 71.6 Å². The largest absolute Gasteiger partial charge is 0.464 e. The SMILES string of the molecule is CN1CCC[C@@H](COc2nc(-c3ccc(C#N)cc3)c(C3(F)C=CC(CN4CCOCC4)=CC3)c3nccn23)C1. The molecule has 1 aromatic carbocycles. The van der Waals surface area contributed by atoms with Crippen LogP contribution in [0.3, 0.4) is 0 Å². The van der Waals surface area contributed by atoms with Crippen molar-refractivity contribution in [2.24, 2.45) is 5.92 Å². The predicted molar refractivity (Wildman–Crippen MR) is 151 cm³/mol. The number of allylic oxidation sites excluding steroid dienone is 2. The average molecular weight is 543 g/mol. The van der Waals surface area contributed by atoms with E-state index in [9.17, 15) is 5.26 Å². The number of hydrogen-bond donors (Lipinski definition) is 0. The second-order valence-electron chi connectivity index (χ2n) is 11.1. The topological polar surface area (TPSA) is 78.9 Å². The van der Waals surface area contributed by atoms with Crippen molar-refractivity contribution in [1.29, 1.82) is 5.26 Å². The molecule has 0 radical (unpaired) electrons. The van der Waals surface area contributed by atoms with Gasteiger partial charge in [-0.25, -0.2) is 9.37 Å². The number of aromatic nitrogens is 3. The zero-order chi connectivity index (χ0) is 27.5. The van der Waals surface area contributed by atoms with Gasteiger partial charge in [0.05, 0.1) is 42.7 Å². The maximum absolute atomic E-state index is 17.1. The third kappa shape index (κ3) is 5.52. The number of likely N-dealkylation sites (tertiary alicyclic amines) is 1. The van der Waals surface area contributed by atoms with Crippen LogP contribution in [0.15, 0.2) is 60.5 Å². The lowest BCUT2D eigenvalue weighted by atomic mass is 9.85. The van der Waals surface area contributed by atoms with Gasteiger partial charge in [-0.2, -0.15) is 10.2 Å². The summed E-state index contributed by atoms with van der Waals surface area (Å²) in [7, 11) is 2.13. The summed E-state index contributed by atoms with van der Waals surface area (Å²) in [4.78, 5) is 14.2. The molecule has 2 atom stereocenters. The molecule has 0 spiro atoms. The summed E-state index contributed by atoms with van der Waals surface area (Å²) in [6.45, 7) is 6.61. The van der Waals surface area contributed by atoms with Crippen molar-refractivity contribution in [2.75, 3.05) is 59.6 Å². The van der Waals surface area contributed by atoms with Crippen molar-refractivity contribution in [3.63, 3.8) is 0 Å². The van der Waals surface area contributed by atoms with Gasteiger partial charge >= 0.3 is 6.01 Å². The predicted octanol–water partition coefficient (Wildman–Crippen LogP) is 4.37. The van der Waals surface area contributed by atoms with Gasteiger partial charge in [0, 0.05) is 56.5 Å². The highest BCUT2D eigenvalue weighted by Crippen LogP contribution is 2.43. The number of rotatable bonds is 7. The number of halogens is 1. The van der Waals surface area contributed by atoms with Crippen LogP contribution in [0.25, 0.3) is 16.9 Å². The summed E-state index contributed by atoms with van der Waals surface area (Å²) in [6.07, 6.45) is 11.4. The molecule has 3 aromatic rings. The smallest absolute Gasteiger partial charge is 0.302 e. The number of hydrogen-bond acceptors (Lipinski definition) is 7. The van der Waals surface area contributed by atoms with Crippen LogP contribution >= 0.6 is 0 Å². The van der Waals surface area contributed by atoms with Gasteiger partial charge in [0.25, 0.3) is 0 Å². The van der Waals surface area contributed by atoms with Gasteiger partial charge in [-0.15, -0.1) is 0 Å². The van der Waals surface area contributed by atoms with Crippen LogP contribution in [0.2, 0.25) is 0 Å². The second-order valence-corrected chi connectivity index (χ2v) is 11.1. The van der Waals surface area contributed by atoms with E-state index in [1.54, 1.807) is 35.0 Å². The molecule has 1 unspecified atom stereocenters. The molecule has 8 nitrogen and oxygen atoms in total. The lowest BCUT2D eigenvalue weighted by Gasteiger charge is -2.31. The molecule has 0 N–H and O–H groups in total. The molecule has 0 bridgehead atoms. The van der Waals surface area contributed by atoms with E-state index in [1.807, 2.05) is 24.3 Å². The van der Waals surface area contributed by atoms with Crippen LogP contribution in [0.5, 0.6) is 6.01 Å². The first-order valence-electron chi connectivity index (χ1n) is 14.1. The molecule has 2 fully saturated rings. The van der Waals surface area contributed by atoms with E-state index >= 15 is 4.39 Å². The summed E-state index contributed by atoms with van der Waals surface area (Å²) >= 11 is 0. The number of benzene rings is 1. The highest BCUT2D eigenvalue weighted by atomic mass is 19.1. The van der Waals surface area contributed by atoms with Crippen LogP contribution in [-0.4, -0.2) is 83.8 Å². The Bertz CT molecular complexity index is 1450. The zero-order valence-electron chi connectivity index (χ0n) is 22.9. The second kappa shape index (κ2) is 11.5. The van der Waals surface area contributed by atoms with Gasteiger partial charge < -0.3 is 14.4 Å². The fraction of sp³-hybridized carbons (Fsp3) is 0.452. The Balaban J connectivity index is 1.36. The minimum Gasteiger partial charge on any atom is -0.464 e. The van der Waals surface area contributed by atoms with Crippen LogP contribution < -0.4 is 4.74 Å². The van der Waals surface area contributed by atoms with Crippen LogP contribution in [0.1, 0.15) is 30.4 Å². The summed E-state index contributed by atoms with van der Waals surface area (Å²) in [5.41, 5.74) is 1.92. The molecule has 2 saturated heterocycles. The molecule has 40 heavy (non-hydrogen) atoms. The van der Waals surface area contributed by atoms with E-state index < -0.39 is 5.67 Å². The lowest BCUT2D eigenvalue weighted by molar-refractivity contribution is 0.0424. The molecule has 3 aliphatic rings. The van der Waals surface area contributed by atoms with Crippen LogP contribution in [0, 0.1) is 17.2 Å². The highest BCUT2D eigenvalue weighted by Gasteiger charge is 2.37. The first-order chi connectivity index (χ1) is 19.5. The Labute approximate surface area is 234 Å². The molecular formula is C31H35FN6O2. The van der Waals surface area contributed by atoms with Gasteiger partial charge in [0.1, 0.15) is 5.65 Å². The quantitative estimate of drug-likeness (QED) is 0.439. The van der Waals surface area contributed by atoms with Gasteiger partial charge in [-0.05, 0) is 50.2 Å². The van der Waals surface area contributed by atoms with E-state index in [1.165, 1.54) is 0 Å². The summed E-state index contributed by atoms with van der Waals surface area (Å²) in [5, 5.41) is 9.32. The summed E-state index contributed by atoms with van der Waals surface area (Å²) in [5.74, 6) is 0.404. The van der Waals surface area contributed by atoms with E-state index in [0.29, 0.717) is 41.0 Å². The van der Waals surface area contributed by atoms with Gasteiger partial charge in [0.2, 0.25) is 0 Å². The Morgan fingerprint density at radius 1 is 1.20 bits per heavy atom. The number of morpholine rings is 1. The average Bonchev–Trinajstić information content (AvgIpc) is 3.47. The molecule has 6 rings (SSSR count). The number of alkyl halides is 1. The minimum absolute atomic E-state index is 0.186.